The van der Waals surface area contributed by atoms with E-state index in [1.807, 2.05) is 50.9 Å². The van der Waals surface area contributed by atoms with Crippen LogP contribution in [0.2, 0.25) is 0 Å². The average molecular weight is 448 g/mol. The van der Waals surface area contributed by atoms with E-state index in [1.54, 1.807) is 24.8 Å². The molecule has 6 rings (SSSR count). The number of hydrogen-bond acceptors (Lipinski definition) is 7. The third-order valence-corrected chi connectivity index (χ3v) is 5.65. The van der Waals surface area contributed by atoms with Crippen LogP contribution in [0.5, 0.6) is 0 Å². The predicted molar refractivity (Wildman–Crippen MR) is 131 cm³/mol. The second-order valence-corrected chi connectivity index (χ2v) is 8.41. The maximum Gasteiger partial charge on any atom is 0.159 e. The van der Waals surface area contributed by atoms with Gasteiger partial charge < -0.3 is 9.88 Å². The number of aromatic nitrogens is 8. The Bertz CT molecular complexity index is 1620. The standard InChI is InChI=1S/C25H21N9/c1-34(2)14-15-7-17(10-27-9-15)20-8-18-21(13-29-20)32-33-24(18)25-30-22-12-28-11-19(23(22)31-25)16-3-5-26-6-4-16/h3-13H,14H2,1-2H3,(H,30,31)(H,32,33). The molecule has 0 bridgehead atoms. The summed E-state index contributed by atoms with van der Waals surface area (Å²) in [4.78, 5) is 27.9. The highest BCUT2D eigenvalue weighted by Gasteiger charge is 2.16. The van der Waals surface area contributed by atoms with Gasteiger partial charge in [-0.15, -0.1) is 0 Å². The second kappa shape index (κ2) is 8.13. The summed E-state index contributed by atoms with van der Waals surface area (Å²) in [5, 5.41) is 8.55. The van der Waals surface area contributed by atoms with Crippen LogP contribution in [0.3, 0.4) is 0 Å². The van der Waals surface area contributed by atoms with Gasteiger partial charge in [-0.25, -0.2) is 4.98 Å². The molecule has 2 N–H and O–H groups in total. The molecule has 6 aromatic rings. The molecule has 0 fully saturated rings. The molecule has 6 aromatic heterocycles. The fourth-order valence-corrected chi connectivity index (χ4v) is 4.12. The normalized spacial score (nSPS) is 11.6. The Morgan fingerprint density at radius 3 is 2.56 bits per heavy atom. The van der Waals surface area contributed by atoms with Gasteiger partial charge in [-0.1, -0.05) is 0 Å². The number of nitrogens with one attached hydrogen (secondary N) is 2. The van der Waals surface area contributed by atoms with Crippen molar-refractivity contribution in [3.63, 3.8) is 0 Å². The van der Waals surface area contributed by atoms with Crippen molar-refractivity contribution in [3.05, 3.63) is 73.2 Å². The Hall–Kier alpha value is -4.50. The third kappa shape index (κ3) is 3.57. The smallest absolute Gasteiger partial charge is 0.159 e. The first-order chi connectivity index (χ1) is 16.7. The van der Waals surface area contributed by atoms with E-state index < -0.39 is 0 Å². The lowest BCUT2D eigenvalue weighted by molar-refractivity contribution is 0.402. The molecule has 34 heavy (non-hydrogen) atoms. The van der Waals surface area contributed by atoms with Gasteiger partial charge in [-0.2, -0.15) is 5.10 Å². The first-order valence-electron chi connectivity index (χ1n) is 10.8. The van der Waals surface area contributed by atoms with Gasteiger partial charge in [0, 0.05) is 54.0 Å². The molecule has 166 valence electrons. The summed E-state index contributed by atoms with van der Waals surface area (Å²) in [6.07, 6.45) is 12.6. The van der Waals surface area contributed by atoms with E-state index in [0.29, 0.717) is 5.82 Å². The summed E-state index contributed by atoms with van der Waals surface area (Å²) >= 11 is 0. The molecular weight excluding hydrogens is 426 g/mol. The molecule has 0 radical (unpaired) electrons. The van der Waals surface area contributed by atoms with Crippen molar-refractivity contribution in [3.8, 4) is 33.9 Å². The number of aromatic amines is 2. The lowest BCUT2D eigenvalue weighted by Gasteiger charge is -2.10. The number of fused-ring (bicyclic) bond motifs is 2. The fourth-order valence-electron chi connectivity index (χ4n) is 4.12. The molecular formula is C25H21N9. The van der Waals surface area contributed by atoms with Crippen molar-refractivity contribution >= 4 is 21.9 Å². The zero-order valence-corrected chi connectivity index (χ0v) is 18.7. The summed E-state index contributed by atoms with van der Waals surface area (Å²) in [5.74, 6) is 0.668. The summed E-state index contributed by atoms with van der Waals surface area (Å²) < 4.78 is 0. The van der Waals surface area contributed by atoms with E-state index in [2.05, 4.69) is 46.1 Å². The fraction of sp³-hybridized carbons (Fsp3) is 0.120. The molecule has 0 amide bonds. The van der Waals surface area contributed by atoms with E-state index >= 15 is 0 Å². The van der Waals surface area contributed by atoms with Crippen molar-refractivity contribution in [2.45, 2.75) is 6.54 Å². The first kappa shape index (κ1) is 20.1. The van der Waals surface area contributed by atoms with Crippen molar-refractivity contribution in [1.29, 1.82) is 0 Å². The Morgan fingerprint density at radius 2 is 1.71 bits per heavy atom. The van der Waals surface area contributed by atoms with Crippen LogP contribution in [0.1, 0.15) is 5.56 Å². The first-order valence-corrected chi connectivity index (χ1v) is 10.8. The number of nitrogens with zero attached hydrogens (tertiary/aromatic N) is 7. The molecule has 6 heterocycles. The average Bonchev–Trinajstić information content (AvgIpc) is 3.48. The van der Waals surface area contributed by atoms with Crippen LogP contribution in [0.25, 0.3) is 55.8 Å². The Kier molecular flexibility index (Phi) is 4.81. The number of H-pyrrole nitrogens is 2. The number of rotatable bonds is 5. The van der Waals surface area contributed by atoms with Gasteiger partial charge in [0.2, 0.25) is 0 Å². The molecule has 9 heteroatoms. The molecule has 0 unspecified atom stereocenters. The van der Waals surface area contributed by atoms with Gasteiger partial charge in [0.05, 0.1) is 34.6 Å². The Morgan fingerprint density at radius 1 is 0.853 bits per heavy atom. The largest absolute Gasteiger partial charge is 0.335 e. The summed E-state index contributed by atoms with van der Waals surface area (Å²) in [5.41, 5.74) is 8.11. The summed E-state index contributed by atoms with van der Waals surface area (Å²) in [6.45, 7) is 0.812. The molecule has 0 aliphatic rings. The summed E-state index contributed by atoms with van der Waals surface area (Å²) in [7, 11) is 4.08. The lowest BCUT2D eigenvalue weighted by Crippen LogP contribution is -2.10. The maximum atomic E-state index is 4.89. The van der Waals surface area contributed by atoms with E-state index in [9.17, 15) is 0 Å². The van der Waals surface area contributed by atoms with Crippen LogP contribution >= 0.6 is 0 Å². The van der Waals surface area contributed by atoms with Crippen LogP contribution in [0.4, 0.5) is 0 Å². The minimum absolute atomic E-state index is 0.668. The zero-order chi connectivity index (χ0) is 23.1. The predicted octanol–water partition coefficient (Wildman–Crippen LogP) is 4.08. The van der Waals surface area contributed by atoms with Crippen molar-refractivity contribution in [2.24, 2.45) is 0 Å². The van der Waals surface area contributed by atoms with Crippen molar-refractivity contribution < 1.29 is 0 Å². The highest BCUT2D eigenvalue weighted by Crippen LogP contribution is 2.31. The zero-order valence-electron chi connectivity index (χ0n) is 18.7. The van der Waals surface area contributed by atoms with E-state index in [4.69, 9.17) is 4.98 Å². The van der Waals surface area contributed by atoms with E-state index in [-0.39, 0.29) is 0 Å². The minimum atomic E-state index is 0.668. The molecule has 0 aliphatic heterocycles. The third-order valence-electron chi connectivity index (χ3n) is 5.65. The van der Waals surface area contributed by atoms with Crippen LogP contribution in [0, 0.1) is 0 Å². The van der Waals surface area contributed by atoms with Crippen LogP contribution in [-0.4, -0.2) is 59.1 Å². The Balaban J connectivity index is 1.45. The lowest BCUT2D eigenvalue weighted by atomic mass is 10.1. The topological polar surface area (TPSA) is 112 Å². The highest BCUT2D eigenvalue weighted by atomic mass is 15.1. The molecule has 9 nitrogen and oxygen atoms in total. The molecule has 0 aliphatic carbocycles. The Labute approximate surface area is 195 Å². The van der Waals surface area contributed by atoms with Crippen molar-refractivity contribution in [1.82, 2.24) is 45.0 Å². The van der Waals surface area contributed by atoms with Gasteiger partial charge in [0.25, 0.3) is 0 Å². The second-order valence-electron chi connectivity index (χ2n) is 8.41. The molecule has 0 atom stereocenters. The number of hydrogen-bond donors (Lipinski definition) is 2. The molecule has 0 spiro atoms. The summed E-state index contributed by atoms with van der Waals surface area (Å²) in [6, 6.07) is 8.05. The monoisotopic (exact) mass is 447 g/mol. The molecule has 0 saturated heterocycles. The van der Waals surface area contributed by atoms with Crippen molar-refractivity contribution in [2.75, 3.05) is 14.1 Å². The maximum absolute atomic E-state index is 4.89. The quantitative estimate of drug-likeness (QED) is 0.409. The van der Waals surface area contributed by atoms with Crippen LogP contribution in [0.15, 0.2) is 67.6 Å². The van der Waals surface area contributed by atoms with Gasteiger partial charge in [0.1, 0.15) is 5.69 Å². The van der Waals surface area contributed by atoms with Gasteiger partial charge in [0.15, 0.2) is 5.82 Å². The van der Waals surface area contributed by atoms with Gasteiger partial charge in [-0.3, -0.25) is 25.0 Å². The van der Waals surface area contributed by atoms with Gasteiger partial charge >= 0.3 is 0 Å². The van der Waals surface area contributed by atoms with E-state index in [1.165, 1.54) is 0 Å². The number of imidazole rings is 1. The molecule has 0 saturated carbocycles. The van der Waals surface area contributed by atoms with E-state index in [0.717, 1.165) is 62.1 Å². The van der Waals surface area contributed by atoms with Crippen LogP contribution < -0.4 is 0 Å². The minimum Gasteiger partial charge on any atom is -0.335 e. The SMILES string of the molecule is CN(C)Cc1cncc(-c2cc3c(-c4nc5c(-c6ccncc6)cncc5[nH]4)n[nH]c3cn2)c1. The van der Waals surface area contributed by atoms with Crippen LogP contribution in [-0.2, 0) is 6.54 Å². The highest BCUT2D eigenvalue weighted by molar-refractivity contribution is 5.97. The molecule has 0 aromatic carbocycles. The number of pyridine rings is 4. The van der Waals surface area contributed by atoms with Gasteiger partial charge in [-0.05, 0) is 49.5 Å².